The standard InChI is InChI=1S/C10H19NO3/c1-4-9(10(13)14-3)5-6-11(2)7-8-12/h5,12H,4,6-8H2,1-3H3. The Hall–Kier alpha value is -0.870. The smallest absolute Gasteiger partial charge is 0.333 e. The molecule has 0 aliphatic carbocycles. The highest BCUT2D eigenvalue weighted by molar-refractivity contribution is 5.88. The SMILES string of the molecule is CCC(=CCN(C)CCO)C(=O)OC. The van der Waals surface area contributed by atoms with Crippen LogP contribution in [0.2, 0.25) is 0 Å². The average molecular weight is 201 g/mol. The van der Waals surface area contributed by atoms with Gasteiger partial charge in [-0.15, -0.1) is 0 Å². The Morgan fingerprint density at radius 1 is 1.57 bits per heavy atom. The molecule has 0 amide bonds. The van der Waals surface area contributed by atoms with Gasteiger partial charge in [-0.1, -0.05) is 13.0 Å². The summed E-state index contributed by atoms with van der Waals surface area (Å²) in [5.74, 6) is -0.273. The van der Waals surface area contributed by atoms with E-state index >= 15 is 0 Å². The van der Waals surface area contributed by atoms with E-state index in [4.69, 9.17) is 5.11 Å². The number of nitrogens with zero attached hydrogens (tertiary/aromatic N) is 1. The summed E-state index contributed by atoms with van der Waals surface area (Å²) >= 11 is 0. The fourth-order valence-corrected chi connectivity index (χ4v) is 1.03. The van der Waals surface area contributed by atoms with Crippen LogP contribution in [0.15, 0.2) is 11.6 Å². The minimum absolute atomic E-state index is 0.129. The number of likely N-dealkylation sites (N-methyl/N-ethyl adjacent to an activating group) is 1. The second kappa shape index (κ2) is 7.53. The van der Waals surface area contributed by atoms with E-state index in [2.05, 4.69) is 4.74 Å². The van der Waals surface area contributed by atoms with Crippen LogP contribution in [0.25, 0.3) is 0 Å². The van der Waals surface area contributed by atoms with Gasteiger partial charge in [0.2, 0.25) is 0 Å². The van der Waals surface area contributed by atoms with Gasteiger partial charge in [0, 0.05) is 18.7 Å². The number of hydrogen-bond donors (Lipinski definition) is 1. The first-order chi connectivity index (χ1) is 6.65. The fraction of sp³-hybridized carbons (Fsp3) is 0.700. The van der Waals surface area contributed by atoms with Crippen LogP contribution in [0.5, 0.6) is 0 Å². The monoisotopic (exact) mass is 201 g/mol. The Bertz CT molecular complexity index is 202. The molecule has 0 rings (SSSR count). The van der Waals surface area contributed by atoms with Crippen LogP contribution in [0.1, 0.15) is 13.3 Å². The van der Waals surface area contributed by atoms with Crippen molar-refractivity contribution in [3.8, 4) is 0 Å². The molecule has 0 aliphatic rings. The highest BCUT2D eigenvalue weighted by Gasteiger charge is 2.06. The van der Waals surface area contributed by atoms with Crippen LogP contribution in [0, 0.1) is 0 Å². The Morgan fingerprint density at radius 3 is 2.64 bits per heavy atom. The molecule has 0 unspecified atom stereocenters. The Balaban J connectivity index is 4.10. The van der Waals surface area contributed by atoms with Gasteiger partial charge in [-0.3, -0.25) is 0 Å². The predicted molar refractivity (Wildman–Crippen MR) is 55.0 cm³/mol. The number of carbonyl (C=O) groups excluding carboxylic acids is 1. The van der Waals surface area contributed by atoms with Crippen molar-refractivity contribution in [3.63, 3.8) is 0 Å². The van der Waals surface area contributed by atoms with Gasteiger partial charge < -0.3 is 14.7 Å². The van der Waals surface area contributed by atoms with E-state index in [1.54, 1.807) is 0 Å². The van der Waals surface area contributed by atoms with Crippen LogP contribution < -0.4 is 0 Å². The van der Waals surface area contributed by atoms with E-state index in [1.165, 1.54) is 7.11 Å². The molecule has 0 aromatic carbocycles. The maximum absolute atomic E-state index is 11.2. The number of rotatable bonds is 6. The zero-order chi connectivity index (χ0) is 11.0. The molecular formula is C10H19NO3. The number of carbonyl (C=O) groups is 1. The Morgan fingerprint density at radius 2 is 2.21 bits per heavy atom. The minimum Gasteiger partial charge on any atom is -0.466 e. The number of esters is 1. The molecule has 1 N–H and O–H groups in total. The van der Waals surface area contributed by atoms with Crippen LogP contribution in [-0.4, -0.2) is 49.8 Å². The largest absolute Gasteiger partial charge is 0.466 e. The van der Waals surface area contributed by atoms with Gasteiger partial charge in [-0.2, -0.15) is 0 Å². The highest BCUT2D eigenvalue weighted by atomic mass is 16.5. The van der Waals surface area contributed by atoms with Crippen LogP contribution in [-0.2, 0) is 9.53 Å². The summed E-state index contributed by atoms with van der Waals surface area (Å²) in [4.78, 5) is 13.1. The molecule has 0 aromatic heterocycles. The lowest BCUT2D eigenvalue weighted by molar-refractivity contribution is -0.136. The summed E-state index contributed by atoms with van der Waals surface area (Å²) in [5.41, 5.74) is 0.678. The van der Waals surface area contributed by atoms with E-state index < -0.39 is 0 Å². The van der Waals surface area contributed by atoms with E-state index in [0.29, 0.717) is 25.1 Å². The van der Waals surface area contributed by atoms with Gasteiger partial charge in [-0.25, -0.2) is 4.79 Å². The van der Waals surface area contributed by atoms with Crippen molar-refractivity contribution in [2.75, 3.05) is 33.9 Å². The van der Waals surface area contributed by atoms with Gasteiger partial charge in [0.1, 0.15) is 0 Å². The second-order valence-corrected chi connectivity index (χ2v) is 3.06. The van der Waals surface area contributed by atoms with Crippen molar-refractivity contribution in [2.45, 2.75) is 13.3 Å². The molecule has 4 nitrogen and oxygen atoms in total. The molecule has 0 fully saturated rings. The van der Waals surface area contributed by atoms with E-state index in [0.717, 1.165) is 0 Å². The molecule has 0 aliphatic heterocycles. The lowest BCUT2D eigenvalue weighted by atomic mass is 10.2. The second-order valence-electron chi connectivity index (χ2n) is 3.06. The molecule has 0 radical (unpaired) electrons. The van der Waals surface area contributed by atoms with Gasteiger partial charge in [0.05, 0.1) is 13.7 Å². The number of ether oxygens (including phenoxy) is 1. The first-order valence-corrected chi connectivity index (χ1v) is 4.72. The molecule has 0 heterocycles. The maximum Gasteiger partial charge on any atom is 0.333 e. The van der Waals surface area contributed by atoms with Crippen LogP contribution in [0.4, 0.5) is 0 Å². The van der Waals surface area contributed by atoms with E-state index in [9.17, 15) is 4.79 Å². The third kappa shape index (κ3) is 4.99. The summed E-state index contributed by atoms with van der Waals surface area (Å²) in [6.07, 6.45) is 2.50. The van der Waals surface area contributed by atoms with Gasteiger partial charge in [0.25, 0.3) is 0 Å². The van der Waals surface area contributed by atoms with Crippen molar-refractivity contribution < 1.29 is 14.6 Å². The minimum atomic E-state index is -0.273. The normalized spacial score (nSPS) is 11.9. The average Bonchev–Trinajstić information content (AvgIpc) is 2.18. The Kier molecular flexibility index (Phi) is 7.06. The lowest BCUT2D eigenvalue weighted by Gasteiger charge is -2.12. The fourth-order valence-electron chi connectivity index (χ4n) is 1.03. The molecule has 82 valence electrons. The highest BCUT2D eigenvalue weighted by Crippen LogP contribution is 2.02. The number of hydrogen-bond acceptors (Lipinski definition) is 4. The number of methoxy groups -OCH3 is 1. The van der Waals surface area contributed by atoms with E-state index in [1.807, 2.05) is 24.9 Å². The predicted octanol–water partition coefficient (Wildman–Crippen LogP) is 0.420. The first kappa shape index (κ1) is 13.1. The zero-order valence-electron chi connectivity index (χ0n) is 9.12. The summed E-state index contributed by atoms with van der Waals surface area (Å²) in [7, 11) is 3.26. The number of aliphatic hydroxyl groups is 1. The van der Waals surface area contributed by atoms with Crippen molar-refractivity contribution in [2.24, 2.45) is 0 Å². The molecule has 0 saturated heterocycles. The molecule has 14 heavy (non-hydrogen) atoms. The maximum atomic E-state index is 11.2. The summed E-state index contributed by atoms with van der Waals surface area (Å²) in [6, 6.07) is 0. The molecular weight excluding hydrogens is 182 g/mol. The van der Waals surface area contributed by atoms with Crippen molar-refractivity contribution in [1.82, 2.24) is 4.90 Å². The summed E-state index contributed by atoms with van der Waals surface area (Å²) in [6.45, 7) is 3.30. The van der Waals surface area contributed by atoms with Crippen molar-refractivity contribution in [3.05, 3.63) is 11.6 Å². The lowest BCUT2D eigenvalue weighted by Crippen LogP contribution is -2.22. The molecule has 0 atom stereocenters. The summed E-state index contributed by atoms with van der Waals surface area (Å²) < 4.78 is 4.62. The van der Waals surface area contributed by atoms with Crippen LogP contribution in [0.3, 0.4) is 0 Å². The summed E-state index contributed by atoms with van der Waals surface area (Å²) in [5, 5.41) is 8.66. The van der Waals surface area contributed by atoms with Crippen LogP contribution >= 0.6 is 0 Å². The Labute approximate surface area is 85.2 Å². The first-order valence-electron chi connectivity index (χ1n) is 4.72. The van der Waals surface area contributed by atoms with Gasteiger partial charge in [0.15, 0.2) is 0 Å². The molecule has 0 aromatic rings. The molecule has 0 bridgehead atoms. The molecule has 4 heteroatoms. The van der Waals surface area contributed by atoms with Gasteiger partial charge >= 0.3 is 5.97 Å². The van der Waals surface area contributed by atoms with E-state index in [-0.39, 0.29) is 12.6 Å². The van der Waals surface area contributed by atoms with Crippen molar-refractivity contribution in [1.29, 1.82) is 0 Å². The quantitative estimate of drug-likeness (QED) is 0.500. The topological polar surface area (TPSA) is 49.8 Å². The van der Waals surface area contributed by atoms with Crippen molar-refractivity contribution >= 4 is 5.97 Å². The number of aliphatic hydroxyl groups excluding tert-OH is 1. The molecule has 0 saturated carbocycles. The molecule has 0 spiro atoms. The zero-order valence-corrected chi connectivity index (χ0v) is 9.12. The third-order valence-electron chi connectivity index (χ3n) is 1.96. The van der Waals surface area contributed by atoms with Gasteiger partial charge in [-0.05, 0) is 13.5 Å². The third-order valence-corrected chi connectivity index (χ3v) is 1.96.